The van der Waals surface area contributed by atoms with Crippen molar-refractivity contribution in [3.63, 3.8) is 0 Å². The molecule has 2 aromatic rings. The van der Waals surface area contributed by atoms with Crippen LogP contribution in [0.25, 0.3) is 10.9 Å². The van der Waals surface area contributed by atoms with Gasteiger partial charge in [-0.05, 0) is 44.0 Å². The van der Waals surface area contributed by atoms with E-state index >= 15 is 0 Å². The Morgan fingerprint density at radius 3 is 2.81 bits per heavy atom. The number of nitrogens with zero attached hydrogens (tertiary/aromatic N) is 1. The van der Waals surface area contributed by atoms with Crippen molar-refractivity contribution < 1.29 is 4.74 Å². The van der Waals surface area contributed by atoms with Crippen LogP contribution in [0.1, 0.15) is 40.0 Å². The molecule has 0 aliphatic rings. The maximum Gasteiger partial charge on any atom is 0.128 e. The summed E-state index contributed by atoms with van der Waals surface area (Å²) >= 11 is 0. The lowest BCUT2D eigenvalue weighted by Gasteiger charge is -2.10. The second kappa shape index (κ2) is 8.08. The van der Waals surface area contributed by atoms with Crippen LogP contribution in [0.4, 0.5) is 0 Å². The molecule has 1 N–H and O–H groups in total. The molecule has 3 heteroatoms. The number of hydrogen-bond donors (Lipinski definition) is 1. The van der Waals surface area contributed by atoms with E-state index in [2.05, 4.69) is 61.1 Å². The number of ether oxygens (including phenoxy) is 1. The van der Waals surface area contributed by atoms with E-state index in [-0.39, 0.29) is 0 Å². The van der Waals surface area contributed by atoms with Crippen molar-refractivity contribution in [2.45, 2.75) is 52.6 Å². The highest BCUT2D eigenvalue weighted by Gasteiger charge is 2.06. The Kier molecular flexibility index (Phi) is 6.12. The van der Waals surface area contributed by atoms with E-state index in [0.29, 0.717) is 6.04 Å². The molecule has 0 unspecified atom stereocenters. The number of aromatic nitrogens is 1. The minimum atomic E-state index is 0.579. The van der Waals surface area contributed by atoms with E-state index in [4.69, 9.17) is 4.74 Å². The molecule has 0 saturated heterocycles. The molecule has 1 aromatic heterocycles. The molecular formula is C18H28N2O. The van der Waals surface area contributed by atoms with Crippen LogP contribution in [0.5, 0.6) is 5.75 Å². The van der Waals surface area contributed by atoms with Gasteiger partial charge in [0.15, 0.2) is 0 Å². The van der Waals surface area contributed by atoms with E-state index in [1.165, 1.54) is 23.7 Å². The minimum absolute atomic E-state index is 0.579. The third-order valence-corrected chi connectivity index (χ3v) is 3.61. The molecular weight excluding hydrogens is 260 g/mol. The highest BCUT2D eigenvalue weighted by Crippen LogP contribution is 2.27. The predicted octanol–water partition coefficient (Wildman–Crippen LogP) is 4.21. The number of benzene rings is 1. The molecule has 0 bridgehead atoms. The first kappa shape index (κ1) is 15.9. The Morgan fingerprint density at radius 1 is 1.19 bits per heavy atom. The van der Waals surface area contributed by atoms with E-state index in [1.54, 1.807) is 0 Å². The Labute approximate surface area is 128 Å². The van der Waals surface area contributed by atoms with Crippen LogP contribution in [-0.2, 0) is 6.54 Å². The number of fused-ring (bicyclic) bond motifs is 1. The van der Waals surface area contributed by atoms with Gasteiger partial charge in [0.2, 0.25) is 0 Å². The highest BCUT2D eigenvalue weighted by molar-refractivity contribution is 5.86. The van der Waals surface area contributed by atoms with Gasteiger partial charge in [-0.25, -0.2) is 0 Å². The SMILES string of the molecule is CCCOc1cccc2c1ccn2CCCCNC(C)C. The topological polar surface area (TPSA) is 26.2 Å². The molecule has 0 radical (unpaired) electrons. The molecule has 0 spiro atoms. The minimum Gasteiger partial charge on any atom is -0.493 e. The second-order valence-electron chi connectivity index (χ2n) is 5.86. The van der Waals surface area contributed by atoms with Crippen molar-refractivity contribution in [3.05, 3.63) is 30.5 Å². The lowest BCUT2D eigenvalue weighted by molar-refractivity contribution is 0.321. The Hall–Kier alpha value is -1.48. The third-order valence-electron chi connectivity index (χ3n) is 3.61. The molecule has 0 fully saturated rings. The van der Waals surface area contributed by atoms with E-state index in [1.807, 2.05) is 0 Å². The third kappa shape index (κ3) is 4.50. The summed E-state index contributed by atoms with van der Waals surface area (Å²) in [5.41, 5.74) is 1.28. The number of unbranched alkanes of at least 4 members (excludes halogenated alkanes) is 1. The molecule has 1 aromatic carbocycles. The van der Waals surface area contributed by atoms with Gasteiger partial charge < -0.3 is 14.6 Å². The van der Waals surface area contributed by atoms with Crippen molar-refractivity contribution in [1.29, 1.82) is 0 Å². The molecule has 0 saturated carbocycles. The maximum absolute atomic E-state index is 5.83. The molecule has 116 valence electrons. The van der Waals surface area contributed by atoms with E-state index in [0.717, 1.165) is 31.9 Å². The lowest BCUT2D eigenvalue weighted by Crippen LogP contribution is -2.23. The summed E-state index contributed by atoms with van der Waals surface area (Å²) in [5, 5.41) is 4.69. The standard InChI is InChI=1S/C18H28N2O/c1-4-14-21-18-9-7-8-17-16(18)10-13-20(17)12-6-5-11-19-15(2)3/h7-10,13,15,19H,4-6,11-12,14H2,1-3H3. The smallest absolute Gasteiger partial charge is 0.128 e. The summed E-state index contributed by atoms with van der Waals surface area (Å²) in [6.07, 6.45) is 5.63. The largest absolute Gasteiger partial charge is 0.493 e. The van der Waals surface area contributed by atoms with E-state index < -0.39 is 0 Å². The zero-order valence-electron chi connectivity index (χ0n) is 13.6. The lowest BCUT2D eigenvalue weighted by atomic mass is 10.2. The van der Waals surface area contributed by atoms with Crippen LogP contribution in [0.3, 0.4) is 0 Å². The van der Waals surface area contributed by atoms with Gasteiger partial charge in [0.05, 0.1) is 12.1 Å². The van der Waals surface area contributed by atoms with Gasteiger partial charge in [-0.2, -0.15) is 0 Å². The van der Waals surface area contributed by atoms with Crippen molar-refractivity contribution >= 4 is 10.9 Å². The Balaban J connectivity index is 1.95. The van der Waals surface area contributed by atoms with Gasteiger partial charge in [-0.15, -0.1) is 0 Å². The zero-order chi connectivity index (χ0) is 15.1. The van der Waals surface area contributed by atoms with Crippen LogP contribution in [0.15, 0.2) is 30.5 Å². The van der Waals surface area contributed by atoms with Gasteiger partial charge in [0, 0.05) is 24.2 Å². The van der Waals surface area contributed by atoms with E-state index in [9.17, 15) is 0 Å². The molecule has 0 amide bonds. The summed E-state index contributed by atoms with van der Waals surface area (Å²) in [7, 11) is 0. The predicted molar refractivity (Wildman–Crippen MR) is 90.1 cm³/mol. The fourth-order valence-electron chi connectivity index (χ4n) is 2.53. The normalized spacial score (nSPS) is 11.4. The quantitative estimate of drug-likeness (QED) is 0.700. The summed E-state index contributed by atoms with van der Waals surface area (Å²) < 4.78 is 8.16. The summed E-state index contributed by atoms with van der Waals surface area (Å²) in [4.78, 5) is 0. The van der Waals surface area contributed by atoms with Crippen LogP contribution in [-0.4, -0.2) is 23.8 Å². The molecule has 1 heterocycles. The molecule has 0 aliphatic heterocycles. The van der Waals surface area contributed by atoms with Crippen molar-refractivity contribution in [1.82, 2.24) is 9.88 Å². The molecule has 2 rings (SSSR count). The summed E-state index contributed by atoms with van der Waals surface area (Å²) in [5.74, 6) is 1.01. The Bertz CT molecular complexity index is 545. The highest BCUT2D eigenvalue weighted by atomic mass is 16.5. The van der Waals surface area contributed by atoms with Gasteiger partial charge in [0.1, 0.15) is 5.75 Å². The first-order valence-corrected chi connectivity index (χ1v) is 8.16. The number of aryl methyl sites for hydroxylation is 1. The molecule has 0 atom stereocenters. The first-order chi connectivity index (χ1) is 10.2. The zero-order valence-corrected chi connectivity index (χ0v) is 13.6. The Morgan fingerprint density at radius 2 is 2.05 bits per heavy atom. The molecule has 3 nitrogen and oxygen atoms in total. The number of rotatable bonds is 9. The molecule has 21 heavy (non-hydrogen) atoms. The summed E-state index contributed by atoms with van der Waals surface area (Å²) in [6.45, 7) is 9.47. The van der Waals surface area contributed by atoms with Crippen molar-refractivity contribution in [3.8, 4) is 5.75 Å². The average molecular weight is 288 g/mol. The van der Waals surface area contributed by atoms with Crippen molar-refractivity contribution in [2.75, 3.05) is 13.2 Å². The van der Waals surface area contributed by atoms with Crippen LogP contribution in [0, 0.1) is 0 Å². The van der Waals surface area contributed by atoms with Gasteiger partial charge in [-0.3, -0.25) is 0 Å². The summed E-state index contributed by atoms with van der Waals surface area (Å²) in [6, 6.07) is 9.09. The van der Waals surface area contributed by atoms with Crippen LogP contribution < -0.4 is 10.1 Å². The van der Waals surface area contributed by atoms with Gasteiger partial charge >= 0.3 is 0 Å². The molecule has 0 aliphatic carbocycles. The van der Waals surface area contributed by atoms with Gasteiger partial charge in [-0.1, -0.05) is 26.8 Å². The first-order valence-electron chi connectivity index (χ1n) is 8.16. The fourth-order valence-corrected chi connectivity index (χ4v) is 2.53. The fraction of sp³-hybridized carbons (Fsp3) is 0.556. The second-order valence-corrected chi connectivity index (χ2v) is 5.86. The number of hydrogen-bond acceptors (Lipinski definition) is 2. The number of nitrogens with one attached hydrogen (secondary N) is 1. The van der Waals surface area contributed by atoms with Gasteiger partial charge in [0.25, 0.3) is 0 Å². The van der Waals surface area contributed by atoms with Crippen molar-refractivity contribution in [2.24, 2.45) is 0 Å². The maximum atomic E-state index is 5.83. The monoisotopic (exact) mass is 288 g/mol. The van der Waals surface area contributed by atoms with Crippen LogP contribution >= 0.6 is 0 Å². The van der Waals surface area contributed by atoms with Crippen LogP contribution in [0.2, 0.25) is 0 Å². The average Bonchev–Trinajstić information content (AvgIpc) is 2.88.